The lowest BCUT2D eigenvalue weighted by Crippen LogP contribution is -2.39. The molecule has 0 bridgehead atoms. The predicted octanol–water partition coefficient (Wildman–Crippen LogP) is 6.80. The SMILES string of the molecule is CC(C)[C@H]1CC[C@@H](C)C[C@H]1OC(=O)C1CCC(C(=O)O[C@@H]2C[C@@H](C)CC[C@@H]2C(C)C)CC1. The van der Waals surface area contributed by atoms with Crippen molar-refractivity contribution < 1.29 is 19.1 Å². The lowest BCUT2D eigenvalue weighted by molar-refractivity contribution is -0.167. The molecule has 0 heterocycles. The summed E-state index contributed by atoms with van der Waals surface area (Å²) in [6.07, 6.45) is 9.92. The number of carbonyl (C=O) groups is 2. The maximum Gasteiger partial charge on any atom is 0.309 e. The Balaban J connectivity index is 1.48. The summed E-state index contributed by atoms with van der Waals surface area (Å²) < 4.78 is 12.2. The van der Waals surface area contributed by atoms with Crippen LogP contribution in [0.4, 0.5) is 0 Å². The summed E-state index contributed by atoms with van der Waals surface area (Å²) in [4.78, 5) is 25.9. The van der Waals surface area contributed by atoms with Gasteiger partial charge in [0.05, 0.1) is 11.8 Å². The fourth-order valence-electron chi connectivity index (χ4n) is 6.56. The molecule has 4 nitrogen and oxygen atoms in total. The van der Waals surface area contributed by atoms with Gasteiger partial charge in [0.15, 0.2) is 0 Å². The van der Waals surface area contributed by atoms with E-state index in [1.807, 2.05) is 0 Å². The van der Waals surface area contributed by atoms with E-state index in [1.54, 1.807) is 0 Å². The molecule has 3 aliphatic rings. The Morgan fingerprint density at radius 1 is 0.594 bits per heavy atom. The first-order valence-electron chi connectivity index (χ1n) is 13.6. The summed E-state index contributed by atoms with van der Waals surface area (Å²) >= 11 is 0. The second-order valence-corrected chi connectivity index (χ2v) is 12.2. The summed E-state index contributed by atoms with van der Waals surface area (Å²) in [5.74, 6) is 3.15. The van der Waals surface area contributed by atoms with Gasteiger partial charge in [0.2, 0.25) is 0 Å². The zero-order valence-corrected chi connectivity index (χ0v) is 21.5. The standard InChI is InChI=1S/C28H48O4/c1-17(2)23-13-7-19(5)15-25(23)31-27(29)21-9-11-22(12-10-21)28(30)32-26-16-20(6)8-14-24(26)18(3)4/h17-26H,7-16H2,1-6H3/t19-,20+,21?,22?,23-,24-,25-,26-/m1/s1. The van der Waals surface area contributed by atoms with Crippen LogP contribution in [0.3, 0.4) is 0 Å². The van der Waals surface area contributed by atoms with Crippen LogP contribution in [-0.4, -0.2) is 24.1 Å². The highest BCUT2D eigenvalue weighted by atomic mass is 16.5. The molecule has 3 saturated carbocycles. The van der Waals surface area contributed by atoms with Crippen molar-refractivity contribution in [2.75, 3.05) is 0 Å². The van der Waals surface area contributed by atoms with Crippen LogP contribution < -0.4 is 0 Å². The molecular formula is C28H48O4. The molecule has 3 aliphatic carbocycles. The Labute approximate surface area is 196 Å². The van der Waals surface area contributed by atoms with Crippen LogP contribution in [0.15, 0.2) is 0 Å². The van der Waals surface area contributed by atoms with Crippen LogP contribution >= 0.6 is 0 Å². The lowest BCUT2D eigenvalue weighted by Gasteiger charge is -2.38. The molecule has 0 aromatic carbocycles. The van der Waals surface area contributed by atoms with Crippen LogP contribution in [0.2, 0.25) is 0 Å². The minimum atomic E-state index is -0.0535. The van der Waals surface area contributed by atoms with Crippen LogP contribution in [0, 0.1) is 47.3 Å². The van der Waals surface area contributed by atoms with Gasteiger partial charge in [-0.1, -0.05) is 54.4 Å². The van der Waals surface area contributed by atoms with Crippen molar-refractivity contribution in [1.82, 2.24) is 0 Å². The zero-order chi connectivity index (χ0) is 23.4. The van der Waals surface area contributed by atoms with Crippen LogP contribution in [-0.2, 0) is 19.1 Å². The second kappa shape index (κ2) is 11.4. The molecule has 0 N–H and O–H groups in total. The molecule has 3 fully saturated rings. The average Bonchev–Trinajstić information content (AvgIpc) is 2.73. The van der Waals surface area contributed by atoms with Crippen molar-refractivity contribution in [2.45, 2.75) is 118 Å². The molecule has 0 aromatic rings. The fourth-order valence-corrected chi connectivity index (χ4v) is 6.56. The number of hydrogen-bond acceptors (Lipinski definition) is 4. The highest BCUT2D eigenvalue weighted by Gasteiger charge is 2.39. The van der Waals surface area contributed by atoms with E-state index in [-0.39, 0.29) is 36.0 Å². The molecule has 0 amide bonds. The molecule has 0 saturated heterocycles. The summed E-state index contributed by atoms with van der Waals surface area (Å²) in [6, 6.07) is 0. The first-order chi connectivity index (χ1) is 15.2. The first-order valence-corrected chi connectivity index (χ1v) is 13.6. The zero-order valence-electron chi connectivity index (χ0n) is 21.5. The van der Waals surface area contributed by atoms with Crippen LogP contribution in [0.1, 0.15) is 106 Å². The van der Waals surface area contributed by atoms with Gasteiger partial charge in [-0.3, -0.25) is 9.59 Å². The Kier molecular flexibility index (Phi) is 9.09. The van der Waals surface area contributed by atoms with E-state index < -0.39 is 0 Å². The highest BCUT2D eigenvalue weighted by Crippen LogP contribution is 2.39. The molecule has 184 valence electrons. The number of esters is 2. The summed E-state index contributed by atoms with van der Waals surface area (Å²) in [7, 11) is 0. The molecule has 3 rings (SSSR count). The van der Waals surface area contributed by atoms with Gasteiger partial charge >= 0.3 is 11.9 Å². The third-order valence-corrected chi connectivity index (χ3v) is 8.85. The number of ether oxygens (including phenoxy) is 2. The topological polar surface area (TPSA) is 52.6 Å². The normalized spacial score (nSPS) is 38.5. The van der Waals surface area contributed by atoms with Crippen molar-refractivity contribution in [2.24, 2.45) is 47.3 Å². The Morgan fingerprint density at radius 3 is 1.25 bits per heavy atom. The van der Waals surface area contributed by atoms with E-state index >= 15 is 0 Å². The van der Waals surface area contributed by atoms with Crippen LogP contribution in [0.25, 0.3) is 0 Å². The smallest absolute Gasteiger partial charge is 0.309 e. The van der Waals surface area contributed by atoms with E-state index in [4.69, 9.17) is 9.47 Å². The van der Waals surface area contributed by atoms with Gasteiger partial charge in [-0.05, 0) is 86.9 Å². The minimum absolute atomic E-state index is 0.0254. The maximum absolute atomic E-state index is 13.0. The average molecular weight is 449 g/mol. The quantitative estimate of drug-likeness (QED) is 0.419. The van der Waals surface area contributed by atoms with Crippen molar-refractivity contribution >= 4 is 11.9 Å². The van der Waals surface area contributed by atoms with Crippen molar-refractivity contribution in [1.29, 1.82) is 0 Å². The highest BCUT2D eigenvalue weighted by molar-refractivity contribution is 5.75. The Bertz CT molecular complexity index is 565. The molecule has 4 heteroatoms. The molecule has 0 aromatic heterocycles. The van der Waals surface area contributed by atoms with E-state index in [0.717, 1.165) is 51.4 Å². The van der Waals surface area contributed by atoms with Crippen molar-refractivity contribution in [3.05, 3.63) is 0 Å². The minimum Gasteiger partial charge on any atom is -0.462 e. The lowest BCUT2D eigenvalue weighted by atomic mass is 9.75. The van der Waals surface area contributed by atoms with Gasteiger partial charge < -0.3 is 9.47 Å². The maximum atomic E-state index is 13.0. The molecule has 6 atom stereocenters. The van der Waals surface area contributed by atoms with E-state index in [2.05, 4.69) is 41.5 Å². The summed E-state index contributed by atoms with van der Waals surface area (Å²) in [5.41, 5.74) is 0. The molecule has 0 aliphatic heterocycles. The molecule has 0 radical (unpaired) electrons. The number of hydrogen-bond donors (Lipinski definition) is 0. The fraction of sp³-hybridized carbons (Fsp3) is 0.929. The first kappa shape index (κ1) is 25.6. The van der Waals surface area contributed by atoms with Gasteiger partial charge in [-0.2, -0.15) is 0 Å². The molecular weight excluding hydrogens is 400 g/mol. The monoisotopic (exact) mass is 448 g/mol. The van der Waals surface area contributed by atoms with Gasteiger partial charge in [0.25, 0.3) is 0 Å². The Hall–Kier alpha value is -1.06. The van der Waals surface area contributed by atoms with Crippen molar-refractivity contribution in [3.63, 3.8) is 0 Å². The predicted molar refractivity (Wildman–Crippen MR) is 128 cm³/mol. The molecule has 0 unspecified atom stereocenters. The number of rotatable bonds is 6. The largest absolute Gasteiger partial charge is 0.462 e. The summed E-state index contributed by atoms with van der Waals surface area (Å²) in [5, 5.41) is 0. The third kappa shape index (κ3) is 6.50. The van der Waals surface area contributed by atoms with E-state index in [1.165, 1.54) is 12.8 Å². The molecule has 32 heavy (non-hydrogen) atoms. The van der Waals surface area contributed by atoms with Crippen LogP contribution in [0.5, 0.6) is 0 Å². The van der Waals surface area contributed by atoms with Gasteiger partial charge in [0, 0.05) is 0 Å². The molecule has 0 spiro atoms. The van der Waals surface area contributed by atoms with Gasteiger partial charge in [0.1, 0.15) is 12.2 Å². The van der Waals surface area contributed by atoms with Gasteiger partial charge in [-0.25, -0.2) is 0 Å². The summed E-state index contributed by atoms with van der Waals surface area (Å²) in [6.45, 7) is 13.5. The Morgan fingerprint density at radius 2 is 0.938 bits per heavy atom. The third-order valence-electron chi connectivity index (χ3n) is 8.85. The van der Waals surface area contributed by atoms with E-state index in [0.29, 0.717) is 35.5 Å². The van der Waals surface area contributed by atoms with E-state index in [9.17, 15) is 9.59 Å². The van der Waals surface area contributed by atoms with Gasteiger partial charge in [-0.15, -0.1) is 0 Å². The van der Waals surface area contributed by atoms with Crippen molar-refractivity contribution in [3.8, 4) is 0 Å². The second-order valence-electron chi connectivity index (χ2n) is 12.2. The number of carbonyl (C=O) groups excluding carboxylic acids is 2.